The van der Waals surface area contributed by atoms with Gasteiger partial charge in [-0.3, -0.25) is 10.1 Å². The normalized spacial score (nSPS) is 15.0. The summed E-state index contributed by atoms with van der Waals surface area (Å²) in [5.41, 5.74) is 1.24. The van der Waals surface area contributed by atoms with E-state index in [1.165, 1.54) is 51.7 Å². The van der Waals surface area contributed by atoms with Gasteiger partial charge in [0.1, 0.15) is 5.82 Å². The van der Waals surface area contributed by atoms with E-state index in [2.05, 4.69) is 15.5 Å². The van der Waals surface area contributed by atoms with Gasteiger partial charge in [-0.15, -0.1) is 10.2 Å². The maximum absolute atomic E-state index is 13.7. The Kier molecular flexibility index (Phi) is 8.06. The van der Waals surface area contributed by atoms with Gasteiger partial charge in [-0.2, -0.15) is 4.31 Å². The summed E-state index contributed by atoms with van der Waals surface area (Å²) in [5.74, 6) is -0.261. The number of carbonyl (C=O) groups excluding carboxylic acids is 1. The predicted molar refractivity (Wildman–Crippen MR) is 130 cm³/mol. The molecule has 1 fully saturated rings. The van der Waals surface area contributed by atoms with Crippen molar-refractivity contribution in [1.82, 2.24) is 14.5 Å². The molecule has 4 rings (SSSR count). The number of sulfonamides is 1. The van der Waals surface area contributed by atoms with Gasteiger partial charge in [0.25, 0.3) is 0 Å². The number of morpholine rings is 1. The number of halogens is 1. The van der Waals surface area contributed by atoms with Gasteiger partial charge in [-0.1, -0.05) is 53.4 Å². The zero-order chi connectivity index (χ0) is 24.0. The van der Waals surface area contributed by atoms with Crippen molar-refractivity contribution >= 4 is 50.2 Å². The van der Waals surface area contributed by atoms with Gasteiger partial charge in [-0.05, 0) is 35.4 Å². The van der Waals surface area contributed by atoms with Crippen molar-refractivity contribution in [2.24, 2.45) is 0 Å². The molecule has 1 saturated heterocycles. The highest BCUT2D eigenvalue weighted by Gasteiger charge is 2.25. The maximum atomic E-state index is 13.7. The molecule has 0 atom stereocenters. The number of amides is 1. The summed E-state index contributed by atoms with van der Waals surface area (Å²) in [4.78, 5) is 12.4. The Morgan fingerprint density at radius 3 is 2.62 bits per heavy atom. The number of rotatable bonds is 8. The zero-order valence-electron chi connectivity index (χ0n) is 17.9. The highest BCUT2D eigenvalue weighted by atomic mass is 32.2. The minimum Gasteiger partial charge on any atom is -0.379 e. The molecule has 34 heavy (non-hydrogen) atoms. The van der Waals surface area contributed by atoms with Crippen LogP contribution in [0, 0.1) is 5.82 Å². The highest BCUT2D eigenvalue weighted by Crippen LogP contribution is 2.29. The maximum Gasteiger partial charge on any atom is 0.250 e. The van der Waals surface area contributed by atoms with Crippen molar-refractivity contribution in [2.45, 2.75) is 15.0 Å². The van der Waals surface area contributed by atoms with Crippen LogP contribution in [-0.4, -0.2) is 55.1 Å². The van der Waals surface area contributed by atoms with Crippen LogP contribution >= 0.6 is 23.1 Å². The van der Waals surface area contributed by atoms with Crippen LogP contribution in [0.2, 0.25) is 0 Å². The minimum atomic E-state index is -3.56. The summed E-state index contributed by atoms with van der Waals surface area (Å²) in [7, 11) is -3.56. The second-order valence-electron chi connectivity index (χ2n) is 7.16. The summed E-state index contributed by atoms with van der Waals surface area (Å²) in [6.07, 6.45) is 2.91. The number of hydrogen-bond donors (Lipinski definition) is 1. The molecule has 0 spiro atoms. The molecule has 2 aromatic carbocycles. The van der Waals surface area contributed by atoms with Crippen LogP contribution in [-0.2, 0) is 25.3 Å². The second-order valence-corrected chi connectivity index (χ2v) is 11.3. The van der Waals surface area contributed by atoms with Crippen LogP contribution in [0.1, 0.15) is 11.1 Å². The quantitative estimate of drug-likeness (QED) is 0.275. The smallest absolute Gasteiger partial charge is 0.250 e. The van der Waals surface area contributed by atoms with Crippen molar-refractivity contribution in [3.05, 3.63) is 71.6 Å². The third-order valence-electron chi connectivity index (χ3n) is 4.86. The van der Waals surface area contributed by atoms with E-state index in [0.29, 0.717) is 52.7 Å². The van der Waals surface area contributed by atoms with E-state index in [0.717, 1.165) is 0 Å². The molecule has 0 radical (unpaired) electrons. The third kappa shape index (κ3) is 6.27. The van der Waals surface area contributed by atoms with Gasteiger partial charge in [0.15, 0.2) is 4.34 Å². The van der Waals surface area contributed by atoms with Gasteiger partial charge in [0.05, 0.1) is 18.1 Å². The summed E-state index contributed by atoms with van der Waals surface area (Å²) in [6.45, 7) is 1.43. The Labute approximate surface area is 204 Å². The average molecular weight is 521 g/mol. The van der Waals surface area contributed by atoms with E-state index >= 15 is 0 Å². The Morgan fingerprint density at radius 2 is 1.88 bits per heavy atom. The van der Waals surface area contributed by atoms with Crippen LogP contribution in [0.3, 0.4) is 0 Å². The van der Waals surface area contributed by atoms with Gasteiger partial charge < -0.3 is 4.74 Å². The number of carbonyl (C=O) groups is 1. The first-order valence-electron chi connectivity index (χ1n) is 10.3. The Morgan fingerprint density at radius 1 is 1.15 bits per heavy atom. The van der Waals surface area contributed by atoms with E-state index in [1.54, 1.807) is 36.4 Å². The molecule has 178 valence electrons. The molecular weight excluding hydrogens is 499 g/mol. The number of benzene rings is 2. The summed E-state index contributed by atoms with van der Waals surface area (Å²) >= 11 is 2.53. The molecule has 1 aromatic heterocycles. The molecular formula is C22H21FN4O4S3. The molecule has 0 bridgehead atoms. The zero-order valence-corrected chi connectivity index (χ0v) is 20.3. The Bertz CT molecular complexity index is 1270. The molecule has 1 amide bonds. The largest absolute Gasteiger partial charge is 0.379 e. The number of ether oxygens (including phenoxy) is 1. The molecule has 0 aliphatic carbocycles. The Hall–Kier alpha value is -2.64. The lowest BCUT2D eigenvalue weighted by Crippen LogP contribution is -2.40. The first kappa shape index (κ1) is 24.5. The standard InChI is InChI=1S/C22H21FN4O4S3/c23-19-4-2-1-3-17(19)15-32-22-26-25-21(33-22)24-20(28)10-7-16-5-8-18(9-6-16)34(29,30)27-11-13-31-14-12-27/h1-10H,11-15H2,(H,24,25,28)/b10-7+. The van der Waals surface area contributed by atoms with Crippen LogP contribution in [0.25, 0.3) is 6.08 Å². The molecule has 0 saturated carbocycles. The molecule has 8 nitrogen and oxygen atoms in total. The van der Waals surface area contributed by atoms with E-state index in [4.69, 9.17) is 4.74 Å². The van der Waals surface area contributed by atoms with Crippen LogP contribution in [0.15, 0.2) is 63.8 Å². The fourth-order valence-corrected chi connectivity index (χ4v) is 6.23. The van der Waals surface area contributed by atoms with Gasteiger partial charge >= 0.3 is 0 Å². The van der Waals surface area contributed by atoms with Gasteiger partial charge in [-0.25, -0.2) is 12.8 Å². The second kappa shape index (κ2) is 11.2. The molecule has 1 N–H and O–H groups in total. The van der Waals surface area contributed by atoms with Crippen molar-refractivity contribution in [2.75, 3.05) is 31.6 Å². The number of anilines is 1. The number of thioether (sulfide) groups is 1. The average Bonchev–Trinajstić information content (AvgIpc) is 3.30. The number of nitrogens with zero attached hydrogens (tertiary/aromatic N) is 3. The van der Waals surface area contributed by atoms with E-state index in [1.807, 2.05) is 0 Å². The molecule has 0 unspecified atom stereocenters. The molecule has 3 aromatic rings. The molecule has 12 heteroatoms. The van der Waals surface area contributed by atoms with Crippen molar-refractivity contribution in [3.63, 3.8) is 0 Å². The first-order chi connectivity index (χ1) is 16.4. The van der Waals surface area contributed by atoms with Crippen molar-refractivity contribution < 1.29 is 22.3 Å². The molecule has 1 aliphatic heterocycles. The lowest BCUT2D eigenvalue weighted by molar-refractivity contribution is -0.111. The first-order valence-corrected chi connectivity index (χ1v) is 13.5. The fourth-order valence-electron chi connectivity index (χ4n) is 3.08. The Balaban J connectivity index is 1.30. The van der Waals surface area contributed by atoms with E-state index in [-0.39, 0.29) is 10.7 Å². The summed E-state index contributed by atoms with van der Waals surface area (Å²) in [6, 6.07) is 12.8. The predicted octanol–water partition coefficient (Wildman–Crippen LogP) is 3.64. The fraction of sp³-hybridized carbons (Fsp3) is 0.227. The van der Waals surface area contributed by atoms with Crippen LogP contribution < -0.4 is 5.32 Å². The SMILES string of the molecule is O=C(/C=C/c1ccc(S(=O)(=O)N2CCOCC2)cc1)Nc1nnc(SCc2ccccc2F)s1. The third-order valence-corrected chi connectivity index (χ3v) is 8.79. The molecule has 1 aliphatic rings. The van der Waals surface area contributed by atoms with Crippen LogP contribution in [0.4, 0.5) is 9.52 Å². The van der Waals surface area contributed by atoms with Crippen molar-refractivity contribution in [1.29, 1.82) is 0 Å². The number of nitrogens with one attached hydrogen (secondary N) is 1. The van der Waals surface area contributed by atoms with Crippen LogP contribution in [0.5, 0.6) is 0 Å². The monoisotopic (exact) mass is 520 g/mol. The number of hydrogen-bond acceptors (Lipinski definition) is 8. The highest BCUT2D eigenvalue weighted by molar-refractivity contribution is 8.00. The minimum absolute atomic E-state index is 0.199. The topological polar surface area (TPSA) is 101 Å². The summed E-state index contributed by atoms with van der Waals surface area (Å²) in [5, 5.41) is 10.9. The number of aromatic nitrogens is 2. The van der Waals surface area contributed by atoms with E-state index in [9.17, 15) is 17.6 Å². The lowest BCUT2D eigenvalue weighted by atomic mass is 10.2. The van der Waals surface area contributed by atoms with Crippen molar-refractivity contribution in [3.8, 4) is 0 Å². The summed E-state index contributed by atoms with van der Waals surface area (Å²) < 4.78 is 46.3. The van der Waals surface area contributed by atoms with E-state index < -0.39 is 15.9 Å². The van der Waals surface area contributed by atoms with Gasteiger partial charge in [0, 0.05) is 24.9 Å². The molecule has 2 heterocycles. The lowest BCUT2D eigenvalue weighted by Gasteiger charge is -2.26. The van der Waals surface area contributed by atoms with Gasteiger partial charge in [0.2, 0.25) is 21.1 Å².